The lowest BCUT2D eigenvalue weighted by molar-refractivity contribution is -0.672. The van der Waals surface area contributed by atoms with Gasteiger partial charge in [-0.15, -0.1) is 0 Å². The zero-order valence-electron chi connectivity index (χ0n) is 26.7. The number of nitrogens with zero attached hydrogens (tertiary/aromatic N) is 2. The van der Waals surface area contributed by atoms with Gasteiger partial charge in [-0.2, -0.15) is 0 Å². The van der Waals surface area contributed by atoms with Gasteiger partial charge in [0.1, 0.15) is 25.6 Å². The van der Waals surface area contributed by atoms with Gasteiger partial charge in [0.05, 0.1) is 14.2 Å². The van der Waals surface area contributed by atoms with E-state index < -0.39 is 0 Å². The molecule has 4 heteroatoms. The van der Waals surface area contributed by atoms with E-state index in [0.29, 0.717) is 34.5 Å². The molecule has 0 saturated heterocycles. The van der Waals surface area contributed by atoms with Gasteiger partial charge >= 0.3 is 0 Å². The average Bonchev–Trinajstić information content (AvgIpc) is 3.80. The number of aryl methyl sites for hydroxylation is 2. The molecule has 0 unspecified atom stereocenters. The van der Waals surface area contributed by atoms with Gasteiger partial charge in [-0.25, -0.2) is 9.13 Å². The molecule has 0 spiro atoms. The van der Waals surface area contributed by atoms with Crippen LogP contribution < -0.4 is 18.6 Å². The minimum Gasteiger partial charge on any atom is -0.496 e. The van der Waals surface area contributed by atoms with Gasteiger partial charge in [-0.05, 0) is 82.1 Å². The van der Waals surface area contributed by atoms with E-state index in [9.17, 15) is 0 Å². The summed E-state index contributed by atoms with van der Waals surface area (Å²) >= 11 is 0. The number of aromatic nitrogens is 2. The maximum absolute atomic E-state index is 6.31. The molecule has 5 saturated carbocycles. The molecule has 2 aromatic carbocycles. The number of rotatable bonds is 2. The molecule has 4 aromatic rings. The predicted octanol–water partition coefficient (Wildman–Crippen LogP) is 6.79. The molecule has 7 aliphatic carbocycles. The number of methoxy groups -OCH3 is 2. The van der Waals surface area contributed by atoms with E-state index in [-0.39, 0.29) is 0 Å². The molecule has 44 heavy (non-hydrogen) atoms. The second-order valence-corrected chi connectivity index (χ2v) is 16.1. The lowest BCUT2D eigenvalue weighted by Crippen LogP contribution is -2.80. The second-order valence-electron chi connectivity index (χ2n) is 16.1. The van der Waals surface area contributed by atoms with Crippen molar-refractivity contribution in [2.75, 3.05) is 14.2 Å². The molecule has 0 N–H and O–H groups in total. The third-order valence-electron chi connectivity index (χ3n) is 15.5. The molecule has 0 amide bonds. The first kappa shape index (κ1) is 24.9. The normalized spacial score (nSPS) is 41.9. The van der Waals surface area contributed by atoms with Gasteiger partial charge in [0.15, 0.2) is 24.8 Å². The van der Waals surface area contributed by atoms with E-state index in [1.807, 2.05) is 14.2 Å². The highest BCUT2D eigenvalue weighted by Gasteiger charge is 2.90. The molecule has 0 radical (unpaired) electrons. The molecule has 2 aromatic heterocycles. The van der Waals surface area contributed by atoms with Crippen LogP contribution in [0.3, 0.4) is 0 Å². The smallest absolute Gasteiger partial charge is 0.172 e. The number of hydrogen-bond acceptors (Lipinski definition) is 2. The van der Waals surface area contributed by atoms with Crippen LogP contribution in [0.4, 0.5) is 0 Å². The molecule has 4 nitrogen and oxygen atoms in total. The van der Waals surface area contributed by atoms with Crippen LogP contribution in [0.15, 0.2) is 61.2 Å². The van der Waals surface area contributed by atoms with E-state index in [0.717, 1.165) is 47.0 Å². The van der Waals surface area contributed by atoms with Crippen molar-refractivity contribution in [3.63, 3.8) is 0 Å². The fourth-order valence-electron chi connectivity index (χ4n) is 14.7. The first-order chi connectivity index (χ1) is 21.3. The molecule has 4 bridgehead atoms. The Morgan fingerprint density at radius 2 is 1.09 bits per heavy atom. The molecule has 0 aliphatic heterocycles. The summed E-state index contributed by atoms with van der Waals surface area (Å²) in [7, 11) is 8.20. The maximum Gasteiger partial charge on any atom is 0.172 e. The summed E-state index contributed by atoms with van der Waals surface area (Å²) in [5.74, 6) is 9.42. The van der Waals surface area contributed by atoms with E-state index in [4.69, 9.17) is 9.47 Å². The molecule has 11 rings (SSSR count). The van der Waals surface area contributed by atoms with Crippen molar-refractivity contribution in [1.82, 2.24) is 0 Å². The third kappa shape index (κ3) is 2.28. The summed E-state index contributed by atoms with van der Waals surface area (Å²) < 4.78 is 17.2. The van der Waals surface area contributed by atoms with Gasteiger partial charge in [0.25, 0.3) is 0 Å². The summed E-state index contributed by atoms with van der Waals surface area (Å²) in [4.78, 5) is 0. The number of fused-ring (bicyclic) bond motifs is 27. The second kappa shape index (κ2) is 7.52. The molecular formula is C40H42N2O2+2. The monoisotopic (exact) mass is 582 g/mol. The van der Waals surface area contributed by atoms with Crippen LogP contribution in [0.2, 0.25) is 0 Å². The van der Waals surface area contributed by atoms with Gasteiger partial charge in [-0.3, -0.25) is 0 Å². The number of ether oxygens (including phenoxy) is 2. The van der Waals surface area contributed by atoms with Crippen LogP contribution in [-0.2, 0) is 14.1 Å². The minimum atomic E-state index is 0.395. The van der Waals surface area contributed by atoms with Crippen LogP contribution in [0.5, 0.6) is 11.5 Å². The Morgan fingerprint density at radius 1 is 0.636 bits per heavy atom. The fraction of sp³-hybridized carbons (Fsp3) is 0.500. The largest absolute Gasteiger partial charge is 0.496 e. The van der Waals surface area contributed by atoms with Crippen LogP contribution in [0, 0.1) is 46.3 Å². The maximum atomic E-state index is 6.31. The zero-order chi connectivity index (χ0) is 29.6. The Balaban J connectivity index is 1.09. The molecule has 12 atom stereocenters. The highest BCUT2D eigenvalue weighted by atomic mass is 16.5. The molecule has 7 aliphatic rings. The summed E-state index contributed by atoms with van der Waals surface area (Å²) in [5, 5.41) is 2.43. The number of hydrogen-bond donors (Lipinski definition) is 0. The summed E-state index contributed by atoms with van der Waals surface area (Å²) in [6.45, 7) is 5.50. The zero-order valence-corrected chi connectivity index (χ0v) is 26.7. The van der Waals surface area contributed by atoms with Crippen molar-refractivity contribution >= 4 is 10.8 Å². The Bertz CT molecular complexity index is 1860. The average molecular weight is 583 g/mol. The quantitative estimate of drug-likeness (QED) is 0.148. The van der Waals surface area contributed by atoms with Crippen molar-refractivity contribution in [1.29, 1.82) is 0 Å². The Kier molecular flexibility index (Phi) is 4.25. The van der Waals surface area contributed by atoms with Crippen LogP contribution >= 0.6 is 0 Å². The lowest BCUT2D eigenvalue weighted by Gasteiger charge is -2.85. The topological polar surface area (TPSA) is 26.2 Å². The van der Waals surface area contributed by atoms with E-state index in [2.05, 4.69) is 98.3 Å². The van der Waals surface area contributed by atoms with Crippen LogP contribution in [0.1, 0.15) is 72.6 Å². The van der Waals surface area contributed by atoms with Gasteiger partial charge in [0.2, 0.25) is 0 Å². The van der Waals surface area contributed by atoms with Gasteiger partial charge < -0.3 is 9.47 Å². The van der Waals surface area contributed by atoms with E-state index >= 15 is 0 Å². The minimum absolute atomic E-state index is 0.395. The van der Waals surface area contributed by atoms with Gasteiger partial charge in [0, 0.05) is 57.0 Å². The molecule has 2 heterocycles. The highest BCUT2D eigenvalue weighted by Crippen LogP contribution is 2.96. The van der Waals surface area contributed by atoms with E-state index in [1.165, 1.54) is 45.9 Å². The Labute approximate surface area is 260 Å². The summed E-state index contributed by atoms with van der Waals surface area (Å²) in [6.07, 6.45) is 12.2. The number of benzene rings is 2. The first-order valence-corrected chi connectivity index (χ1v) is 17.0. The van der Waals surface area contributed by atoms with Crippen molar-refractivity contribution < 1.29 is 18.6 Å². The van der Waals surface area contributed by atoms with E-state index in [1.54, 1.807) is 11.1 Å². The molecular weight excluding hydrogens is 540 g/mol. The molecule has 5 fully saturated rings. The highest BCUT2D eigenvalue weighted by molar-refractivity contribution is 5.97. The standard InChI is InChI=1S/C40H42N2O2/c1-39-33-23-15-24(30-28-18-42(4)14-12-20(28)19-11-13-41(3)17-27(19)29(23)30)34(33)40(39,2)36-26-16-25(35(36)39)31-32(26)38(44-6)22-10-8-7-9-21(22)37(31)43-5/h7-14,17-18,23-26,29-30,33-36H,15-16H2,1-6H3/q+2/t23-,24+,25+,26-,29-,30+,33-,34+,35+,36-,39-,40+. The van der Waals surface area contributed by atoms with Crippen LogP contribution in [-0.4, -0.2) is 14.2 Å². The fourth-order valence-corrected chi connectivity index (χ4v) is 14.7. The van der Waals surface area contributed by atoms with Crippen molar-refractivity contribution in [2.45, 2.75) is 50.4 Å². The number of pyridine rings is 2. The van der Waals surface area contributed by atoms with Crippen molar-refractivity contribution in [3.05, 3.63) is 83.4 Å². The SMILES string of the molecule is COc1c2c(c(OC)c3ccccc13)[C@@H]1C[C@H]2[C@@H]2[C@H]1[C@@]1(C)[C@@H]3[C@@H]4C[C@@H]([C@H]5c6c[n+](C)ccc6-c6cc[n+](C)cc6[C@@H]45)[C@@H]3[C@@]21C. The lowest BCUT2D eigenvalue weighted by atomic mass is 9.19. The van der Waals surface area contributed by atoms with Crippen molar-refractivity contribution in [3.8, 4) is 22.6 Å². The summed E-state index contributed by atoms with van der Waals surface area (Å²) in [6, 6.07) is 13.6. The summed E-state index contributed by atoms with van der Waals surface area (Å²) in [5.41, 5.74) is 10.0. The van der Waals surface area contributed by atoms with Gasteiger partial charge in [-0.1, -0.05) is 38.1 Å². The molecule has 222 valence electrons. The van der Waals surface area contributed by atoms with Crippen molar-refractivity contribution in [2.24, 2.45) is 60.4 Å². The van der Waals surface area contributed by atoms with Crippen LogP contribution in [0.25, 0.3) is 21.9 Å². The predicted molar refractivity (Wildman–Crippen MR) is 169 cm³/mol. The Hall–Kier alpha value is -3.40. The first-order valence-electron chi connectivity index (χ1n) is 17.0. The Morgan fingerprint density at radius 3 is 1.52 bits per heavy atom. The third-order valence-corrected chi connectivity index (χ3v) is 15.5.